The number of nitriles is 1. The molecule has 0 bridgehead atoms. The van der Waals surface area contributed by atoms with E-state index in [-0.39, 0.29) is 16.1 Å². The van der Waals surface area contributed by atoms with Gasteiger partial charge in [-0.15, -0.1) is 0 Å². The summed E-state index contributed by atoms with van der Waals surface area (Å²) in [7, 11) is 0. The molecule has 0 N–H and O–H groups in total. The number of nitro groups is 1. The van der Waals surface area contributed by atoms with Crippen molar-refractivity contribution in [3.8, 4) is 6.07 Å². The van der Waals surface area contributed by atoms with Gasteiger partial charge < -0.3 is 4.74 Å². The molecule has 2 rings (SSSR count). The number of allylic oxidation sites excluding steroid dienone is 1. The molecule has 0 amide bonds. The summed E-state index contributed by atoms with van der Waals surface area (Å²) in [5.41, 5.74) is -2.02. The molecule has 0 unspecified atom stereocenters. The van der Waals surface area contributed by atoms with E-state index in [1.54, 1.807) is 45.0 Å². The van der Waals surface area contributed by atoms with E-state index in [0.717, 1.165) is 6.07 Å². The largest absolute Gasteiger partial charge is 0.420 e. The van der Waals surface area contributed by atoms with E-state index >= 15 is 0 Å². The Morgan fingerprint density at radius 3 is 2.28 bits per heavy atom. The maximum absolute atomic E-state index is 12.8. The van der Waals surface area contributed by atoms with Crippen molar-refractivity contribution in [3.63, 3.8) is 0 Å². The highest BCUT2D eigenvalue weighted by molar-refractivity contribution is 6.30. The Morgan fingerprint density at radius 1 is 1.14 bits per heavy atom. The van der Waals surface area contributed by atoms with Crippen molar-refractivity contribution in [2.75, 3.05) is 0 Å². The zero-order valence-electron chi connectivity index (χ0n) is 15.9. The van der Waals surface area contributed by atoms with Crippen LogP contribution in [0, 0.1) is 26.9 Å². The highest BCUT2D eigenvalue weighted by Crippen LogP contribution is 2.34. The number of ether oxygens (including phenoxy) is 1. The van der Waals surface area contributed by atoms with Gasteiger partial charge in [0.15, 0.2) is 11.5 Å². The summed E-state index contributed by atoms with van der Waals surface area (Å²) in [6.45, 7) is 4.75. The van der Waals surface area contributed by atoms with E-state index < -0.39 is 39.1 Å². The van der Waals surface area contributed by atoms with Gasteiger partial charge in [-0.25, -0.2) is 4.79 Å². The molecule has 0 fully saturated rings. The van der Waals surface area contributed by atoms with Crippen molar-refractivity contribution in [3.05, 3.63) is 80.4 Å². The van der Waals surface area contributed by atoms with Crippen LogP contribution in [0.5, 0.6) is 0 Å². The number of hydrogen-bond donors (Lipinski definition) is 0. The first-order valence-electron chi connectivity index (χ1n) is 8.47. The molecule has 0 heterocycles. The fourth-order valence-corrected chi connectivity index (χ4v) is 2.56. The number of esters is 1. The van der Waals surface area contributed by atoms with E-state index in [9.17, 15) is 25.0 Å². The predicted molar refractivity (Wildman–Crippen MR) is 107 cm³/mol. The van der Waals surface area contributed by atoms with E-state index in [0.29, 0.717) is 0 Å². The molecular weight excluding hydrogens is 396 g/mol. The maximum atomic E-state index is 12.8. The van der Waals surface area contributed by atoms with Crippen molar-refractivity contribution in [2.24, 2.45) is 5.41 Å². The quantitative estimate of drug-likeness (QED) is 0.171. The lowest BCUT2D eigenvalue weighted by molar-refractivity contribution is -0.385. The number of ketones is 1. The predicted octanol–water partition coefficient (Wildman–Crippen LogP) is 4.96. The molecule has 2 aromatic carbocycles. The van der Waals surface area contributed by atoms with Crippen LogP contribution in [0.4, 0.5) is 5.69 Å². The number of nitro benzene ring substituents is 1. The first-order chi connectivity index (χ1) is 13.6. The molecule has 0 spiro atoms. The smallest absolute Gasteiger partial charge is 0.343 e. The minimum absolute atomic E-state index is 0.0786. The van der Waals surface area contributed by atoms with Gasteiger partial charge in [-0.1, -0.05) is 50.6 Å². The molecule has 0 radical (unpaired) electrons. The summed E-state index contributed by atoms with van der Waals surface area (Å²) >= 11 is 5.86. The lowest BCUT2D eigenvalue weighted by Gasteiger charge is -2.18. The lowest BCUT2D eigenvalue weighted by atomic mass is 9.85. The zero-order chi connectivity index (χ0) is 21.8. The summed E-state index contributed by atoms with van der Waals surface area (Å²) in [5.74, 6) is -1.97. The summed E-state index contributed by atoms with van der Waals surface area (Å²) in [6.07, 6.45) is 0. The zero-order valence-corrected chi connectivity index (χ0v) is 16.7. The molecular formula is C21H17ClN2O5. The van der Waals surface area contributed by atoms with Gasteiger partial charge in [0, 0.05) is 16.5 Å². The second kappa shape index (κ2) is 8.67. The second-order valence-electron chi connectivity index (χ2n) is 7.07. The molecule has 148 valence electrons. The average Bonchev–Trinajstić information content (AvgIpc) is 2.67. The van der Waals surface area contributed by atoms with E-state index in [2.05, 4.69) is 0 Å². The van der Waals surface area contributed by atoms with Crippen molar-refractivity contribution in [1.82, 2.24) is 0 Å². The Balaban J connectivity index is 2.75. The van der Waals surface area contributed by atoms with Crippen LogP contribution in [0.15, 0.2) is 54.1 Å². The normalized spacial score (nSPS) is 11.8. The summed E-state index contributed by atoms with van der Waals surface area (Å²) in [5, 5.41) is 21.2. The molecule has 0 aliphatic rings. The van der Waals surface area contributed by atoms with Crippen molar-refractivity contribution in [1.29, 1.82) is 5.26 Å². The molecule has 0 atom stereocenters. The van der Waals surface area contributed by atoms with Gasteiger partial charge in [-0.2, -0.15) is 5.26 Å². The number of Topliss-reactive ketones (excluding diaryl/α,β-unsaturated/α-hetero) is 1. The van der Waals surface area contributed by atoms with Crippen LogP contribution in [0.1, 0.15) is 36.7 Å². The minimum Gasteiger partial charge on any atom is -0.420 e. The Morgan fingerprint density at radius 2 is 1.76 bits per heavy atom. The number of hydrogen-bond acceptors (Lipinski definition) is 6. The molecule has 0 saturated carbocycles. The minimum atomic E-state index is -0.989. The van der Waals surface area contributed by atoms with Crippen LogP contribution >= 0.6 is 11.6 Å². The molecule has 29 heavy (non-hydrogen) atoms. The van der Waals surface area contributed by atoms with E-state index in [1.807, 2.05) is 0 Å². The van der Waals surface area contributed by atoms with Gasteiger partial charge in [0.1, 0.15) is 11.6 Å². The SMILES string of the molecule is CC(C)(C)C(=O)/C(C#N)=C(\OC(=O)c1ccccc1)c1ccc(Cl)cc1[N+](=O)[O-]. The van der Waals surface area contributed by atoms with Crippen molar-refractivity contribution < 1.29 is 19.2 Å². The third kappa shape index (κ3) is 5.06. The number of rotatable bonds is 5. The van der Waals surface area contributed by atoms with Gasteiger partial charge in [0.2, 0.25) is 0 Å². The van der Waals surface area contributed by atoms with Crippen molar-refractivity contribution in [2.45, 2.75) is 20.8 Å². The average molecular weight is 413 g/mol. The Hall–Kier alpha value is -3.50. The lowest BCUT2D eigenvalue weighted by Crippen LogP contribution is -2.23. The Bertz CT molecular complexity index is 1050. The van der Waals surface area contributed by atoms with Crippen LogP contribution in [0.3, 0.4) is 0 Å². The number of benzene rings is 2. The molecule has 8 heteroatoms. The highest BCUT2D eigenvalue weighted by Gasteiger charge is 2.33. The van der Waals surface area contributed by atoms with Crippen LogP contribution in [0.25, 0.3) is 5.76 Å². The third-order valence-electron chi connectivity index (χ3n) is 3.85. The maximum Gasteiger partial charge on any atom is 0.343 e. The molecule has 7 nitrogen and oxygen atoms in total. The van der Waals surface area contributed by atoms with Crippen molar-refractivity contribution >= 4 is 34.8 Å². The molecule has 0 aromatic heterocycles. The fraction of sp³-hybridized carbons (Fsp3) is 0.190. The third-order valence-corrected chi connectivity index (χ3v) is 4.09. The van der Waals surface area contributed by atoms with Crippen LogP contribution < -0.4 is 0 Å². The van der Waals surface area contributed by atoms with E-state index in [1.165, 1.54) is 24.3 Å². The van der Waals surface area contributed by atoms with Gasteiger partial charge >= 0.3 is 5.97 Å². The van der Waals surface area contributed by atoms with E-state index in [4.69, 9.17) is 16.3 Å². The standard InChI is InChI=1S/C21H17ClN2O5/c1-21(2,3)19(25)16(12-23)18(29-20(26)13-7-5-4-6-8-13)15-10-9-14(22)11-17(15)24(27)28/h4-11H,1-3H3/b18-16-. The number of nitrogens with zero attached hydrogens (tertiary/aromatic N) is 2. The molecule has 0 saturated heterocycles. The number of halogens is 1. The van der Waals surface area contributed by atoms with Gasteiger partial charge in [0.05, 0.1) is 16.1 Å². The fourth-order valence-electron chi connectivity index (χ4n) is 2.39. The number of carbonyl (C=O) groups is 2. The van der Waals surface area contributed by atoms with Gasteiger partial charge in [0.25, 0.3) is 5.69 Å². The molecule has 2 aromatic rings. The monoisotopic (exact) mass is 412 g/mol. The molecule has 0 aliphatic heterocycles. The molecule has 0 aliphatic carbocycles. The summed E-state index contributed by atoms with van der Waals surface area (Å²) in [6, 6.07) is 13.3. The van der Waals surface area contributed by atoms with Crippen LogP contribution in [-0.2, 0) is 9.53 Å². The second-order valence-corrected chi connectivity index (χ2v) is 7.51. The van der Waals surface area contributed by atoms with Crippen LogP contribution in [0.2, 0.25) is 5.02 Å². The number of carbonyl (C=O) groups excluding carboxylic acids is 2. The highest BCUT2D eigenvalue weighted by atomic mass is 35.5. The topological polar surface area (TPSA) is 110 Å². The van der Waals surface area contributed by atoms with Crippen LogP contribution in [-0.4, -0.2) is 16.7 Å². The van der Waals surface area contributed by atoms with Gasteiger partial charge in [-0.05, 0) is 24.3 Å². The first-order valence-corrected chi connectivity index (χ1v) is 8.84. The first kappa shape index (κ1) is 21.8. The van der Waals surface area contributed by atoms with Gasteiger partial charge in [-0.3, -0.25) is 14.9 Å². The summed E-state index contributed by atoms with van der Waals surface area (Å²) < 4.78 is 5.37. The Labute approximate surface area is 172 Å². The Kier molecular flexibility index (Phi) is 6.52. The summed E-state index contributed by atoms with van der Waals surface area (Å²) in [4.78, 5) is 36.2.